The van der Waals surface area contributed by atoms with Crippen LogP contribution in [0.5, 0.6) is 5.75 Å². The number of hydrogen-bond acceptors (Lipinski definition) is 5. The van der Waals surface area contributed by atoms with Gasteiger partial charge >= 0.3 is 5.97 Å². The molecule has 1 aromatic heterocycles. The zero-order valence-corrected chi connectivity index (χ0v) is 14.2. The second-order valence-corrected chi connectivity index (χ2v) is 5.56. The Kier molecular flexibility index (Phi) is 4.63. The summed E-state index contributed by atoms with van der Waals surface area (Å²) in [5, 5.41) is 3.66. The van der Waals surface area contributed by atoms with Crippen LogP contribution < -0.4 is 10.1 Å². The number of esters is 1. The van der Waals surface area contributed by atoms with Gasteiger partial charge in [-0.3, -0.25) is 4.79 Å². The quantitative estimate of drug-likeness (QED) is 0.708. The Hall–Kier alpha value is -2.99. The van der Waals surface area contributed by atoms with Crippen molar-refractivity contribution in [2.45, 2.75) is 0 Å². The highest BCUT2D eigenvalue weighted by Gasteiger charge is 2.16. The van der Waals surface area contributed by atoms with Crippen molar-refractivity contribution in [2.75, 3.05) is 19.5 Å². The van der Waals surface area contributed by atoms with E-state index in [1.165, 1.54) is 25.3 Å². The predicted molar refractivity (Wildman–Crippen MR) is 93.5 cm³/mol. The number of fused-ring (bicyclic) bond motifs is 1. The van der Waals surface area contributed by atoms with Gasteiger partial charge in [0.2, 0.25) is 0 Å². The Balaban J connectivity index is 1.88. The van der Waals surface area contributed by atoms with Crippen molar-refractivity contribution >= 4 is 40.1 Å². The number of rotatable bonds is 4. The van der Waals surface area contributed by atoms with Gasteiger partial charge in [0.15, 0.2) is 5.76 Å². The number of amides is 1. The molecule has 7 heteroatoms. The van der Waals surface area contributed by atoms with E-state index in [1.807, 2.05) is 0 Å². The standard InChI is InChI=1S/C18H14ClNO5/c1-23-12-4-6-15-11(7-12)9-16(25-15)17(21)20-14-8-10(18(22)24-2)3-5-13(14)19/h3-9H,1-2H3,(H,20,21). The van der Waals surface area contributed by atoms with Gasteiger partial charge in [-0.2, -0.15) is 0 Å². The maximum Gasteiger partial charge on any atom is 0.337 e. The van der Waals surface area contributed by atoms with E-state index in [2.05, 4.69) is 10.1 Å². The molecular formula is C18H14ClNO5. The third-order valence-electron chi connectivity index (χ3n) is 3.58. The van der Waals surface area contributed by atoms with Crippen LogP contribution in [0.2, 0.25) is 5.02 Å². The summed E-state index contributed by atoms with van der Waals surface area (Å²) in [6.45, 7) is 0. The fourth-order valence-corrected chi connectivity index (χ4v) is 2.47. The number of hydrogen-bond donors (Lipinski definition) is 1. The van der Waals surface area contributed by atoms with Crippen LogP contribution in [0.1, 0.15) is 20.9 Å². The molecule has 25 heavy (non-hydrogen) atoms. The molecule has 0 spiro atoms. The average molecular weight is 360 g/mol. The molecule has 0 aliphatic heterocycles. The van der Waals surface area contributed by atoms with E-state index in [-0.39, 0.29) is 17.0 Å². The average Bonchev–Trinajstić information content (AvgIpc) is 3.06. The molecule has 6 nitrogen and oxygen atoms in total. The summed E-state index contributed by atoms with van der Waals surface area (Å²) in [5.74, 6) is -0.237. The van der Waals surface area contributed by atoms with E-state index in [0.29, 0.717) is 16.4 Å². The van der Waals surface area contributed by atoms with Crippen molar-refractivity contribution < 1.29 is 23.5 Å². The molecule has 0 unspecified atom stereocenters. The number of carbonyl (C=O) groups excluding carboxylic acids is 2. The summed E-state index contributed by atoms with van der Waals surface area (Å²) in [5.41, 5.74) is 1.12. The van der Waals surface area contributed by atoms with E-state index in [4.69, 9.17) is 20.8 Å². The van der Waals surface area contributed by atoms with Crippen LogP contribution in [-0.2, 0) is 4.74 Å². The predicted octanol–water partition coefficient (Wildman–Crippen LogP) is 4.13. The molecule has 0 aliphatic carbocycles. The molecule has 1 amide bonds. The molecule has 0 radical (unpaired) electrons. The first kappa shape index (κ1) is 16.9. The molecule has 128 valence electrons. The zero-order valence-electron chi connectivity index (χ0n) is 13.5. The molecule has 0 saturated carbocycles. The maximum absolute atomic E-state index is 12.4. The van der Waals surface area contributed by atoms with Crippen molar-refractivity contribution in [2.24, 2.45) is 0 Å². The van der Waals surface area contributed by atoms with Crippen LogP contribution in [0.15, 0.2) is 46.9 Å². The normalized spacial score (nSPS) is 10.5. The van der Waals surface area contributed by atoms with Crippen LogP contribution in [0.3, 0.4) is 0 Å². The fraction of sp³-hybridized carbons (Fsp3) is 0.111. The molecule has 0 saturated heterocycles. The lowest BCUT2D eigenvalue weighted by atomic mass is 10.2. The molecule has 3 rings (SSSR count). The topological polar surface area (TPSA) is 77.8 Å². The summed E-state index contributed by atoms with van der Waals surface area (Å²) < 4.78 is 15.3. The Labute approximate surface area is 148 Å². The molecule has 3 aromatic rings. The van der Waals surface area contributed by atoms with Crippen molar-refractivity contribution in [1.29, 1.82) is 0 Å². The maximum atomic E-state index is 12.4. The Bertz CT molecular complexity index is 963. The fourth-order valence-electron chi connectivity index (χ4n) is 2.31. The molecule has 0 aliphatic rings. The second kappa shape index (κ2) is 6.86. The zero-order chi connectivity index (χ0) is 18.0. The van der Waals surface area contributed by atoms with Gasteiger partial charge in [0.05, 0.1) is 30.5 Å². The molecule has 1 N–H and O–H groups in total. The number of benzene rings is 2. The van der Waals surface area contributed by atoms with Gasteiger partial charge in [-0.15, -0.1) is 0 Å². The lowest BCUT2D eigenvalue weighted by Crippen LogP contribution is -2.12. The minimum atomic E-state index is -0.525. The Morgan fingerprint density at radius 2 is 1.88 bits per heavy atom. The first-order chi connectivity index (χ1) is 12.0. The number of ether oxygens (including phenoxy) is 2. The lowest BCUT2D eigenvalue weighted by Gasteiger charge is -2.07. The van der Waals surface area contributed by atoms with E-state index in [0.717, 1.165) is 5.39 Å². The van der Waals surface area contributed by atoms with Gasteiger partial charge in [-0.05, 0) is 42.5 Å². The molecular weight excluding hydrogens is 346 g/mol. The highest BCUT2D eigenvalue weighted by Crippen LogP contribution is 2.27. The van der Waals surface area contributed by atoms with Crippen molar-refractivity contribution in [3.8, 4) is 5.75 Å². The van der Waals surface area contributed by atoms with Crippen LogP contribution in [0, 0.1) is 0 Å². The smallest absolute Gasteiger partial charge is 0.337 e. The monoisotopic (exact) mass is 359 g/mol. The van der Waals surface area contributed by atoms with Gasteiger partial charge in [0.25, 0.3) is 5.91 Å². The SMILES string of the molecule is COC(=O)c1ccc(Cl)c(NC(=O)c2cc3cc(OC)ccc3o2)c1. The summed E-state index contributed by atoms with van der Waals surface area (Å²) in [4.78, 5) is 24.0. The van der Waals surface area contributed by atoms with Gasteiger partial charge < -0.3 is 19.2 Å². The highest BCUT2D eigenvalue weighted by atomic mass is 35.5. The highest BCUT2D eigenvalue weighted by molar-refractivity contribution is 6.34. The number of furan rings is 1. The van der Waals surface area contributed by atoms with E-state index >= 15 is 0 Å². The third-order valence-corrected chi connectivity index (χ3v) is 3.91. The van der Waals surface area contributed by atoms with Crippen molar-refractivity contribution in [1.82, 2.24) is 0 Å². The van der Waals surface area contributed by atoms with E-state index in [9.17, 15) is 9.59 Å². The number of methoxy groups -OCH3 is 2. The summed E-state index contributed by atoms with van der Waals surface area (Å²) >= 11 is 6.08. The van der Waals surface area contributed by atoms with Crippen LogP contribution in [0.4, 0.5) is 5.69 Å². The minimum Gasteiger partial charge on any atom is -0.497 e. The summed E-state index contributed by atoms with van der Waals surface area (Å²) in [6, 6.07) is 11.3. The minimum absolute atomic E-state index is 0.114. The lowest BCUT2D eigenvalue weighted by molar-refractivity contribution is 0.0600. The molecule has 2 aromatic carbocycles. The molecule has 1 heterocycles. The first-order valence-corrected chi connectivity index (χ1v) is 7.66. The van der Waals surface area contributed by atoms with Gasteiger partial charge in [-0.1, -0.05) is 11.6 Å². The molecule has 0 atom stereocenters. The van der Waals surface area contributed by atoms with Crippen molar-refractivity contribution in [3.63, 3.8) is 0 Å². The number of anilines is 1. The third kappa shape index (κ3) is 3.44. The van der Waals surface area contributed by atoms with Crippen LogP contribution in [0.25, 0.3) is 11.0 Å². The van der Waals surface area contributed by atoms with Crippen LogP contribution in [-0.4, -0.2) is 26.1 Å². The first-order valence-electron chi connectivity index (χ1n) is 7.28. The molecule has 0 fully saturated rings. The number of halogens is 1. The van der Waals surface area contributed by atoms with Gasteiger partial charge in [0.1, 0.15) is 11.3 Å². The van der Waals surface area contributed by atoms with Crippen LogP contribution >= 0.6 is 11.6 Å². The van der Waals surface area contributed by atoms with Gasteiger partial charge in [-0.25, -0.2) is 4.79 Å². The van der Waals surface area contributed by atoms with E-state index < -0.39 is 11.9 Å². The Morgan fingerprint density at radius 3 is 2.60 bits per heavy atom. The Morgan fingerprint density at radius 1 is 1.08 bits per heavy atom. The summed E-state index contributed by atoms with van der Waals surface area (Å²) in [6.07, 6.45) is 0. The van der Waals surface area contributed by atoms with Crippen molar-refractivity contribution in [3.05, 3.63) is 58.8 Å². The molecule has 0 bridgehead atoms. The second-order valence-electron chi connectivity index (χ2n) is 5.15. The number of nitrogens with one attached hydrogen (secondary N) is 1. The number of carbonyl (C=O) groups is 2. The van der Waals surface area contributed by atoms with E-state index in [1.54, 1.807) is 31.4 Å². The van der Waals surface area contributed by atoms with Gasteiger partial charge in [0, 0.05) is 5.39 Å². The largest absolute Gasteiger partial charge is 0.497 e. The summed E-state index contributed by atoms with van der Waals surface area (Å²) in [7, 11) is 2.84.